The number of amides is 3. The third-order valence-corrected chi connectivity index (χ3v) is 18.3. The van der Waals surface area contributed by atoms with Crippen molar-refractivity contribution >= 4 is 25.5 Å². The Morgan fingerprint density at radius 2 is 0.819 bits per heavy atom. The molecule has 0 N–H and O–H groups in total. The van der Waals surface area contributed by atoms with Crippen LogP contribution in [0.4, 0.5) is 0 Å². The molecule has 6 atom stereocenters. The number of phosphoric acid groups is 1. The number of nitrogens with zero attached hydrogens (tertiary/aromatic N) is 6. The number of carbonyl (C=O) groups is 3. The molecule has 6 aliphatic heterocycles. The Morgan fingerprint density at radius 3 is 1.11 bits per heavy atom. The predicted octanol–water partition coefficient (Wildman–Crippen LogP) is 11.9. The topological polar surface area (TPSA) is 223 Å². The second-order valence-electron chi connectivity index (χ2n) is 27.9. The van der Waals surface area contributed by atoms with Gasteiger partial charge in [-0.25, -0.2) is 4.57 Å². The minimum Gasteiger partial charge on any atom is -0.485 e. The first kappa shape index (κ1) is 61.5. The normalized spacial score (nSPS) is 24.9. The van der Waals surface area contributed by atoms with Crippen LogP contribution in [0.25, 0.3) is 0 Å². The van der Waals surface area contributed by atoms with Crippen LogP contribution < -0.4 is 14.2 Å². The van der Waals surface area contributed by atoms with Crippen molar-refractivity contribution in [3.05, 3.63) is 88.0 Å². The summed E-state index contributed by atoms with van der Waals surface area (Å²) in [5.74, 6) is 1.53. The number of hydrogen-bond acceptors (Lipinski definition) is 15. The van der Waals surface area contributed by atoms with E-state index in [1.807, 2.05) is 107 Å². The fraction of sp³-hybridized carbons (Fsp3) is 0.625. The molecule has 3 amide bonds. The second-order valence-corrected chi connectivity index (χ2v) is 29.5. The summed E-state index contributed by atoms with van der Waals surface area (Å²) in [4.78, 5) is 46.4. The number of fused-ring (bicyclic) bond motifs is 3. The number of nitriles is 3. The quantitative estimate of drug-likeness (QED) is 0.102. The Balaban J connectivity index is 1.01. The molecule has 0 unspecified atom stereocenters. The van der Waals surface area contributed by atoms with Gasteiger partial charge in [-0.15, -0.1) is 0 Å². The Hall–Kier alpha value is -6.03. The maximum Gasteiger partial charge on any atom is 0.475 e. The predicted molar refractivity (Wildman–Crippen MR) is 308 cm³/mol. The van der Waals surface area contributed by atoms with E-state index in [0.29, 0.717) is 122 Å². The van der Waals surface area contributed by atoms with Crippen molar-refractivity contribution < 1.29 is 56.2 Å². The first-order valence-corrected chi connectivity index (χ1v) is 30.7. The molecule has 3 saturated heterocycles. The van der Waals surface area contributed by atoms with Gasteiger partial charge >= 0.3 is 7.82 Å². The van der Waals surface area contributed by atoms with Gasteiger partial charge in [0.25, 0.3) is 0 Å². The van der Waals surface area contributed by atoms with Crippen LogP contribution in [-0.2, 0) is 42.0 Å². The zero-order valence-corrected chi connectivity index (χ0v) is 51.8. The number of carbonyl (C=O) groups excluding carboxylic acids is 3. The van der Waals surface area contributed by atoms with Crippen molar-refractivity contribution in [2.75, 3.05) is 32.8 Å². The molecular weight excluding hydrogens is 1080 g/mol. The van der Waals surface area contributed by atoms with E-state index in [4.69, 9.17) is 37.3 Å². The molecule has 6 aliphatic rings. The van der Waals surface area contributed by atoms with Crippen molar-refractivity contribution in [3.8, 4) is 35.5 Å². The van der Waals surface area contributed by atoms with Crippen LogP contribution in [0, 0.1) is 44.8 Å². The summed E-state index contributed by atoms with van der Waals surface area (Å²) in [6.07, 6.45) is 1.31. The third-order valence-electron chi connectivity index (χ3n) is 16.9. The zero-order valence-electron chi connectivity index (χ0n) is 50.9. The molecule has 0 saturated carbocycles. The maximum absolute atomic E-state index is 16.2. The van der Waals surface area contributed by atoms with Gasteiger partial charge in [-0.05, 0) is 167 Å². The number of benzene rings is 3. The van der Waals surface area contributed by atoms with Crippen LogP contribution in [-0.4, -0.2) is 112 Å². The molecule has 9 rings (SSSR count). The number of hydrogen-bond donors (Lipinski definition) is 0. The van der Waals surface area contributed by atoms with Gasteiger partial charge in [-0.3, -0.25) is 28.0 Å². The van der Waals surface area contributed by atoms with Gasteiger partial charge in [-0.1, -0.05) is 27.7 Å². The van der Waals surface area contributed by atoms with Gasteiger partial charge in [0.15, 0.2) is 0 Å². The average Bonchev–Trinajstić information content (AvgIpc) is 3.80. The van der Waals surface area contributed by atoms with Crippen molar-refractivity contribution in [2.45, 2.75) is 213 Å². The van der Waals surface area contributed by atoms with E-state index >= 15 is 4.57 Å². The summed E-state index contributed by atoms with van der Waals surface area (Å²) in [5.41, 5.74) is -3.32. The van der Waals surface area contributed by atoms with Gasteiger partial charge in [-0.2, -0.15) is 15.8 Å². The van der Waals surface area contributed by atoms with Gasteiger partial charge in [0, 0.05) is 55.6 Å². The fourth-order valence-electron chi connectivity index (χ4n) is 13.9. The summed E-state index contributed by atoms with van der Waals surface area (Å²) in [6, 6.07) is 20.4. The number of phosphoric ester groups is 1. The molecular formula is C64H83N6O12P. The minimum absolute atomic E-state index is 0.00160. The molecule has 0 aromatic heterocycles. The highest BCUT2D eigenvalue weighted by Crippen LogP contribution is 2.59. The standard InChI is InChI=1S/C64H83N6O12P/c1-58(2,36-60(5,6)80-55-52(68-27-15-18-49(68)71)43-30-40(33-65)21-24-46(43)77-62(55,9)10)38-75-83(74,82-57-54(70-29-17-20-51(70)73)45-32-42(35-67)23-26-48(45)79-64(57,13)14)76-39-59(3,4)37-61(7,8)81-56-53(69-28-16-19-50(69)72)44-31-41(34-66)22-25-47(44)78-63(56,11)12/h21-26,30-32,52-57H,15-20,27-29,36-39H2,1-14H3/t52-,53-,54-,55+,56+,57+/m1/s1. The van der Waals surface area contributed by atoms with Gasteiger partial charge in [0.1, 0.15) is 52.4 Å². The molecule has 446 valence electrons. The molecule has 3 aromatic rings. The summed E-state index contributed by atoms with van der Waals surface area (Å²) >= 11 is 0. The summed E-state index contributed by atoms with van der Waals surface area (Å²) < 4.78 is 70.7. The van der Waals surface area contributed by atoms with E-state index in [2.05, 4.69) is 18.2 Å². The smallest absolute Gasteiger partial charge is 0.475 e. The molecule has 6 heterocycles. The molecule has 0 aliphatic carbocycles. The highest BCUT2D eigenvalue weighted by molar-refractivity contribution is 7.48. The summed E-state index contributed by atoms with van der Waals surface area (Å²) in [7, 11) is -4.73. The molecule has 0 spiro atoms. The third kappa shape index (κ3) is 13.0. The maximum atomic E-state index is 16.2. The average molecular weight is 1160 g/mol. The summed E-state index contributed by atoms with van der Waals surface area (Å²) in [5, 5.41) is 30.0. The lowest BCUT2D eigenvalue weighted by Crippen LogP contribution is -2.57. The van der Waals surface area contributed by atoms with Crippen LogP contribution in [0.2, 0.25) is 0 Å². The second kappa shape index (κ2) is 22.4. The Kier molecular flexibility index (Phi) is 16.6. The molecule has 0 bridgehead atoms. The molecule has 19 heteroatoms. The van der Waals surface area contributed by atoms with Gasteiger partial charge in [0.05, 0.1) is 77.4 Å². The highest BCUT2D eigenvalue weighted by Gasteiger charge is 2.56. The van der Waals surface area contributed by atoms with E-state index in [9.17, 15) is 30.2 Å². The van der Waals surface area contributed by atoms with E-state index in [0.717, 1.165) is 0 Å². The van der Waals surface area contributed by atoms with Crippen molar-refractivity contribution in [1.29, 1.82) is 15.8 Å². The van der Waals surface area contributed by atoms with Crippen LogP contribution in [0.1, 0.15) is 200 Å². The van der Waals surface area contributed by atoms with E-state index in [-0.39, 0.29) is 30.9 Å². The molecule has 3 aromatic carbocycles. The van der Waals surface area contributed by atoms with E-state index < -0.39 is 83.1 Å². The van der Waals surface area contributed by atoms with Crippen molar-refractivity contribution in [3.63, 3.8) is 0 Å². The monoisotopic (exact) mass is 1160 g/mol. The molecule has 0 radical (unpaired) electrons. The minimum atomic E-state index is -4.73. The summed E-state index contributed by atoms with van der Waals surface area (Å²) in [6.45, 7) is 28.3. The Labute approximate surface area is 490 Å². The number of rotatable bonds is 19. The number of ether oxygens (including phenoxy) is 5. The Bertz CT molecular complexity index is 3050. The largest absolute Gasteiger partial charge is 0.485 e. The van der Waals surface area contributed by atoms with Crippen LogP contribution in [0.5, 0.6) is 17.2 Å². The van der Waals surface area contributed by atoms with E-state index in [1.165, 1.54) is 0 Å². The molecule has 3 fully saturated rings. The van der Waals surface area contributed by atoms with Crippen molar-refractivity contribution in [2.24, 2.45) is 10.8 Å². The lowest BCUT2D eigenvalue weighted by atomic mass is 9.80. The van der Waals surface area contributed by atoms with Gasteiger partial charge in [0.2, 0.25) is 17.7 Å². The lowest BCUT2D eigenvalue weighted by molar-refractivity contribution is -0.191. The first-order chi connectivity index (χ1) is 38.7. The van der Waals surface area contributed by atoms with Crippen molar-refractivity contribution in [1.82, 2.24) is 14.7 Å². The highest BCUT2D eigenvalue weighted by atomic mass is 31.2. The molecule has 83 heavy (non-hydrogen) atoms. The van der Waals surface area contributed by atoms with Gasteiger partial charge < -0.3 is 38.4 Å². The zero-order chi connectivity index (χ0) is 60.5. The lowest BCUT2D eigenvalue weighted by Gasteiger charge is -2.50. The first-order valence-electron chi connectivity index (χ1n) is 29.2. The Morgan fingerprint density at radius 1 is 0.518 bits per heavy atom. The fourth-order valence-corrected chi connectivity index (χ4v) is 15.7. The van der Waals surface area contributed by atoms with Crippen LogP contribution in [0.3, 0.4) is 0 Å². The van der Waals surface area contributed by atoms with Crippen LogP contribution >= 0.6 is 7.82 Å². The molecule has 18 nitrogen and oxygen atoms in total. The number of likely N-dealkylation sites (tertiary alicyclic amines) is 3. The SMILES string of the molecule is CC(C)(COP(=O)(OCC(C)(C)CC(C)(C)O[C@H]1[C@H](N2CCCC2=O)c2cc(C#N)ccc2OC1(C)C)O[C@H]1[C@H](N2CCCC2=O)c2cc(C#N)ccc2OC1(C)C)CC(C)(C)O[C@H]1[C@H](N2CCCC2=O)c2cc(C#N)ccc2OC1(C)C. The van der Waals surface area contributed by atoms with Crippen LogP contribution in [0.15, 0.2) is 54.6 Å². The van der Waals surface area contributed by atoms with E-state index in [1.54, 1.807) is 59.5 Å².